The summed E-state index contributed by atoms with van der Waals surface area (Å²) in [5.74, 6) is -0.360. The molecule has 8 nitrogen and oxygen atoms in total. The van der Waals surface area contributed by atoms with Crippen LogP contribution in [0.2, 0.25) is 5.04 Å². The Morgan fingerprint density at radius 3 is 2.22 bits per heavy atom. The fourth-order valence-electron chi connectivity index (χ4n) is 9.39. The topological polar surface area (TPSA) is 78.2 Å². The van der Waals surface area contributed by atoms with E-state index in [1.807, 2.05) is 16.6 Å². The van der Waals surface area contributed by atoms with Gasteiger partial charge in [0.2, 0.25) is 0 Å². The Kier molecular flexibility index (Phi) is 8.05. The van der Waals surface area contributed by atoms with Crippen molar-refractivity contribution >= 4 is 36.0 Å². The predicted octanol–water partition coefficient (Wildman–Crippen LogP) is 6.19. The van der Waals surface area contributed by atoms with E-state index < -0.39 is 25.3 Å². The van der Waals surface area contributed by atoms with Crippen LogP contribution in [-0.4, -0.2) is 62.3 Å². The van der Waals surface area contributed by atoms with E-state index in [-0.39, 0.29) is 16.4 Å². The molecule has 4 aliphatic rings. The predicted molar refractivity (Wildman–Crippen MR) is 202 cm³/mol. The van der Waals surface area contributed by atoms with Gasteiger partial charge in [-0.1, -0.05) is 119 Å². The molecule has 1 saturated carbocycles. The van der Waals surface area contributed by atoms with Crippen LogP contribution >= 0.6 is 0 Å². The molecular formula is C42H48N4O4Si. The van der Waals surface area contributed by atoms with E-state index in [0.29, 0.717) is 25.5 Å². The minimum absolute atomic E-state index is 0.0772. The molecular weight excluding hydrogens is 653 g/mol. The minimum Gasteiger partial charge on any atom is -0.469 e. The Balaban J connectivity index is 1.11. The van der Waals surface area contributed by atoms with Crippen molar-refractivity contribution in [2.45, 2.75) is 63.5 Å². The average Bonchev–Trinajstić information content (AvgIpc) is 3.91. The lowest BCUT2D eigenvalue weighted by Gasteiger charge is -2.51. The van der Waals surface area contributed by atoms with Crippen LogP contribution in [0.3, 0.4) is 0 Å². The lowest BCUT2D eigenvalue weighted by Crippen LogP contribution is -2.68. The zero-order valence-electron chi connectivity index (χ0n) is 30.6. The standard InChI is InChI=1S/C42H48N4O4Si/c1-30-24-32(45-23-22-40(5,27-45)31-16-10-7-11-17-31)25-46-36(30)43-38(44-46)42-26-41(28-49-42,35(42)37(47)48-6)29-50-51(39(2,3)4,33-18-12-8-13-19-33)34-20-14-9-15-21-34/h7-21,24-25,35H,22-23,26-29H2,1-6H3/t35?,40-,41?,42?/m0/s1. The maximum atomic E-state index is 13.8. The molecule has 1 aliphatic carbocycles. The summed E-state index contributed by atoms with van der Waals surface area (Å²) in [4.78, 5) is 21.3. The third-order valence-electron chi connectivity index (χ3n) is 12.0. The Morgan fingerprint density at radius 1 is 0.980 bits per heavy atom. The highest BCUT2D eigenvalue weighted by Crippen LogP contribution is 2.67. The first kappa shape index (κ1) is 33.8. The number of esters is 1. The van der Waals surface area contributed by atoms with Crippen molar-refractivity contribution in [1.82, 2.24) is 14.6 Å². The second-order valence-corrected chi connectivity index (χ2v) is 20.6. The highest BCUT2D eigenvalue weighted by atomic mass is 28.4. The fourth-order valence-corrected chi connectivity index (χ4v) is 14.1. The molecule has 0 radical (unpaired) electrons. The molecule has 0 amide bonds. The Hall–Kier alpha value is -4.31. The number of aromatic nitrogens is 3. The smallest absolute Gasteiger partial charge is 0.312 e. The van der Waals surface area contributed by atoms with E-state index in [2.05, 4.69) is 131 Å². The van der Waals surface area contributed by atoms with Gasteiger partial charge in [0.05, 0.1) is 25.6 Å². The number of carbonyl (C=O) groups excluding carboxylic acids is 1. The molecule has 5 aromatic rings. The van der Waals surface area contributed by atoms with Crippen LogP contribution in [0.4, 0.5) is 5.69 Å². The molecule has 5 heterocycles. The third kappa shape index (κ3) is 5.18. The number of rotatable bonds is 9. The molecule has 0 N–H and O–H groups in total. The molecule has 3 aromatic carbocycles. The van der Waals surface area contributed by atoms with Gasteiger partial charge in [-0.2, -0.15) is 0 Å². The fraction of sp³-hybridized carbons (Fsp3) is 0.405. The van der Waals surface area contributed by atoms with Gasteiger partial charge in [0.25, 0.3) is 8.32 Å². The second-order valence-electron chi connectivity index (χ2n) is 16.3. The lowest BCUT2D eigenvalue weighted by molar-refractivity contribution is -0.176. The van der Waals surface area contributed by atoms with Gasteiger partial charge in [-0.15, -0.1) is 5.10 Å². The number of hydrogen-bond acceptors (Lipinski definition) is 7. The molecule has 4 atom stereocenters. The van der Waals surface area contributed by atoms with Crippen molar-refractivity contribution in [3.63, 3.8) is 0 Å². The minimum atomic E-state index is -2.85. The van der Waals surface area contributed by atoms with Gasteiger partial charge < -0.3 is 18.8 Å². The summed E-state index contributed by atoms with van der Waals surface area (Å²) in [6, 6.07) is 34.2. The van der Waals surface area contributed by atoms with E-state index in [0.717, 1.165) is 36.4 Å². The number of benzene rings is 3. The van der Waals surface area contributed by atoms with Crippen LogP contribution in [0.5, 0.6) is 0 Å². The summed E-state index contributed by atoms with van der Waals surface area (Å²) in [6.45, 7) is 13.9. The molecule has 3 aliphatic heterocycles. The summed E-state index contributed by atoms with van der Waals surface area (Å²) < 4.78 is 21.4. The number of aryl methyl sites for hydroxylation is 1. The number of nitrogens with zero attached hydrogens (tertiary/aromatic N) is 4. The van der Waals surface area contributed by atoms with Crippen molar-refractivity contribution in [2.24, 2.45) is 11.3 Å². The van der Waals surface area contributed by atoms with Crippen molar-refractivity contribution < 1.29 is 18.7 Å². The monoisotopic (exact) mass is 700 g/mol. The van der Waals surface area contributed by atoms with Crippen molar-refractivity contribution in [3.8, 4) is 0 Å². The Morgan fingerprint density at radius 2 is 1.61 bits per heavy atom. The average molecular weight is 701 g/mol. The van der Waals surface area contributed by atoms with Gasteiger partial charge in [0.15, 0.2) is 11.5 Å². The zero-order chi connectivity index (χ0) is 35.6. The first-order valence-electron chi connectivity index (χ1n) is 18.1. The van der Waals surface area contributed by atoms with Gasteiger partial charge in [-0.25, -0.2) is 9.50 Å². The summed E-state index contributed by atoms with van der Waals surface area (Å²) in [5, 5.41) is 7.26. The highest BCUT2D eigenvalue weighted by molar-refractivity contribution is 6.99. The van der Waals surface area contributed by atoms with Crippen molar-refractivity contribution in [1.29, 1.82) is 0 Å². The number of methoxy groups -OCH3 is 1. The number of ether oxygens (including phenoxy) is 2. The SMILES string of the molecule is COC(=O)C1C2(CO[Si](c3ccccc3)(c3ccccc3)C(C)(C)C)COC1(c1nc3c(C)cc(N4CC[C@](C)(c5ccccc5)C4)cn3n1)C2. The number of anilines is 1. The normalized spacial score (nSPS) is 26.0. The first-order chi connectivity index (χ1) is 24.4. The van der Waals surface area contributed by atoms with Gasteiger partial charge >= 0.3 is 5.97 Å². The summed E-state index contributed by atoms with van der Waals surface area (Å²) >= 11 is 0. The number of carbonyl (C=O) groups is 1. The molecule has 0 spiro atoms. The van der Waals surface area contributed by atoms with Crippen molar-refractivity contribution in [3.05, 3.63) is 120 Å². The first-order valence-corrected chi connectivity index (χ1v) is 20.0. The molecule has 2 bridgehead atoms. The number of fused-ring (bicyclic) bond motifs is 2. The van der Waals surface area contributed by atoms with Crippen LogP contribution in [0.15, 0.2) is 103 Å². The second kappa shape index (κ2) is 12.1. The molecule has 2 aromatic heterocycles. The van der Waals surface area contributed by atoms with E-state index in [1.54, 1.807) is 0 Å². The number of hydrogen-bond donors (Lipinski definition) is 0. The van der Waals surface area contributed by atoms with Crippen LogP contribution < -0.4 is 15.3 Å². The van der Waals surface area contributed by atoms with Crippen LogP contribution in [0.25, 0.3) is 5.65 Å². The highest BCUT2D eigenvalue weighted by Gasteiger charge is 2.76. The largest absolute Gasteiger partial charge is 0.469 e. The molecule has 3 saturated heterocycles. The zero-order valence-corrected chi connectivity index (χ0v) is 31.6. The molecule has 264 valence electrons. The van der Waals surface area contributed by atoms with Crippen LogP contribution in [0, 0.1) is 18.3 Å². The van der Waals surface area contributed by atoms with Gasteiger partial charge in [0, 0.05) is 30.5 Å². The lowest BCUT2D eigenvalue weighted by atomic mass is 9.53. The number of pyridine rings is 1. The molecule has 3 unspecified atom stereocenters. The third-order valence-corrected chi connectivity index (χ3v) is 17.0. The summed E-state index contributed by atoms with van der Waals surface area (Å²) in [7, 11) is -1.39. The Labute approximate surface area is 301 Å². The van der Waals surface area contributed by atoms with Crippen molar-refractivity contribution in [2.75, 3.05) is 38.3 Å². The van der Waals surface area contributed by atoms with Gasteiger partial charge in [-0.3, -0.25) is 4.79 Å². The van der Waals surface area contributed by atoms with Crippen LogP contribution in [0.1, 0.15) is 57.5 Å². The van der Waals surface area contributed by atoms with Gasteiger partial charge in [0.1, 0.15) is 11.5 Å². The summed E-state index contributed by atoms with van der Waals surface area (Å²) in [6.07, 6.45) is 3.74. The maximum Gasteiger partial charge on any atom is 0.312 e. The molecule has 9 heteroatoms. The van der Waals surface area contributed by atoms with E-state index in [4.69, 9.17) is 24.0 Å². The molecule has 9 rings (SSSR count). The maximum absolute atomic E-state index is 13.8. The van der Waals surface area contributed by atoms with Crippen LogP contribution in [-0.2, 0) is 29.7 Å². The quantitative estimate of drug-likeness (QED) is 0.134. The summed E-state index contributed by atoms with van der Waals surface area (Å²) in [5.41, 5.74) is 2.83. The molecule has 4 fully saturated rings. The van der Waals surface area contributed by atoms with Gasteiger partial charge in [-0.05, 0) is 52.4 Å². The van der Waals surface area contributed by atoms with E-state index in [1.165, 1.54) is 23.0 Å². The van der Waals surface area contributed by atoms with E-state index >= 15 is 0 Å². The Bertz CT molecular complexity index is 2030. The molecule has 51 heavy (non-hydrogen) atoms. The van der Waals surface area contributed by atoms with E-state index in [9.17, 15) is 4.79 Å².